The lowest BCUT2D eigenvalue weighted by Gasteiger charge is -2.12. The van der Waals surface area contributed by atoms with Crippen LogP contribution in [0.3, 0.4) is 0 Å². The largest absolute Gasteiger partial charge is 0.378 e. The van der Waals surface area contributed by atoms with Crippen LogP contribution in [0, 0.1) is 0 Å². The molecule has 1 aromatic carbocycles. The Morgan fingerprint density at radius 1 is 1.08 bits per heavy atom. The van der Waals surface area contributed by atoms with Crippen LogP contribution in [0.5, 0.6) is 0 Å². The highest BCUT2D eigenvalue weighted by Crippen LogP contribution is 2.24. The minimum Gasteiger partial charge on any atom is -0.378 e. The summed E-state index contributed by atoms with van der Waals surface area (Å²) in [5.41, 5.74) is 1.26. The van der Waals surface area contributed by atoms with Gasteiger partial charge in [-0.3, -0.25) is 0 Å². The third-order valence-corrected chi connectivity index (χ3v) is 2.74. The van der Waals surface area contributed by atoms with Crippen LogP contribution in [0.25, 0.3) is 0 Å². The van der Waals surface area contributed by atoms with E-state index in [9.17, 15) is 0 Å². The summed E-state index contributed by atoms with van der Waals surface area (Å²) in [6.45, 7) is 4.43. The highest BCUT2D eigenvalue weighted by Gasteiger charge is 1.98. The molecule has 0 heterocycles. The van der Waals surface area contributed by atoms with Crippen molar-refractivity contribution in [2.75, 3.05) is 19.0 Å². The van der Waals surface area contributed by atoms with E-state index in [1.165, 1.54) is 10.6 Å². The smallest absolute Gasteiger partial charge is 0.0361 e. The summed E-state index contributed by atoms with van der Waals surface area (Å²) in [7, 11) is 4.12. The molecule has 1 rings (SSSR count). The van der Waals surface area contributed by atoms with Gasteiger partial charge in [0, 0.05) is 29.9 Å². The van der Waals surface area contributed by atoms with E-state index < -0.39 is 0 Å². The SMILES string of the molecule is CC(C)Sc1ccc(N(C)C)cc1. The predicted octanol–water partition coefficient (Wildman–Crippen LogP) is 3.25. The highest BCUT2D eigenvalue weighted by molar-refractivity contribution is 7.99. The quantitative estimate of drug-likeness (QED) is 0.681. The van der Waals surface area contributed by atoms with Gasteiger partial charge in [-0.05, 0) is 24.3 Å². The minimum atomic E-state index is 0.658. The molecule has 1 aromatic rings. The van der Waals surface area contributed by atoms with Gasteiger partial charge in [0.15, 0.2) is 0 Å². The molecule has 0 fully saturated rings. The second kappa shape index (κ2) is 4.56. The van der Waals surface area contributed by atoms with Gasteiger partial charge in [-0.25, -0.2) is 0 Å². The summed E-state index contributed by atoms with van der Waals surface area (Å²) in [4.78, 5) is 3.46. The molecule has 0 spiro atoms. The first-order chi connectivity index (χ1) is 6.09. The lowest BCUT2D eigenvalue weighted by atomic mass is 10.3. The van der Waals surface area contributed by atoms with Crippen LogP contribution in [0.2, 0.25) is 0 Å². The van der Waals surface area contributed by atoms with Gasteiger partial charge in [0.25, 0.3) is 0 Å². The Bertz CT molecular complexity index is 251. The molecule has 72 valence electrons. The van der Waals surface area contributed by atoms with E-state index in [0.717, 1.165) is 0 Å². The third kappa shape index (κ3) is 3.31. The molecule has 0 aromatic heterocycles. The van der Waals surface area contributed by atoms with Crippen molar-refractivity contribution in [3.05, 3.63) is 24.3 Å². The molecule has 0 radical (unpaired) electrons. The fourth-order valence-electron chi connectivity index (χ4n) is 1.10. The number of anilines is 1. The van der Waals surface area contributed by atoms with Crippen molar-refractivity contribution in [3.8, 4) is 0 Å². The van der Waals surface area contributed by atoms with E-state index in [1.807, 2.05) is 11.8 Å². The van der Waals surface area contributed by atoms with Crippen molar-refractivity contribution >= 4 is 17.4 Å². The number of nitrogens with zero attached hydrogens (tertiary/aromatic N) is 1. The molecule has 0 saturated carbocycles. The van der Waals surface area contributed by atoms with Gasteiger partial charge in [0.1, 0.15) is 0 Å². The monoisotopic (exact) mass is 195 g/mol. The summed E-state index contributed by atoms with van der Waals surface area (Å²) in [6.07, 6.45) is 0. The van der Waals surface area contributed by atoms with E-state index in [4.69, 9.17) is 0 Å². The molecule has 0 unspecified atom stereocenters. The molecule has 0 saturated heterocycles. The minimum absolute atomic E-state index is 0.658. The fourth-order valence-corrected chi connectivity index (χ4v) is 1.93. The van der Waals surface area contributed by atoms with Crippen LogP contribution in [-0.4, -0.2) is 19.3 Å². The zero-order chi connectivity index (χ0) is 9.84. The first-order valence-electron chi connectivity index (χ1n) is 4.53. The Morgan fingerprint density at radius 2 is 1.62 bits per heavy atom. The van der Waals surface area contributed by atoms with Crippen LogP contribution in [-0.2, 0) is 0 Å². The molecule has 0 amide bonds. The van der Waals surface area contributed by atoms with E-state index >= 15 is 0 Å². The molecular formula is C11H17NS. The van der Waals surface area contributed by atoms with Crippen LogP contribution < -0.4 is 4.90 Å². The maximum Gasteiger partial charge on any atom is 0.0361 e. The molecule has 0 atom stereocenters. The fraction of sp³-hybridized carbons (Fsp3) is 0.455. The normalized spacial score (nSPS) is 10.5. The van der Waals surface area contributed by atoms with Crippen LogP contribution in [0.15, 0.2) is 29.2 Å². The molecule has 13 heavy (non-hydrogen) atoms. The summed E-state index contributed by atoms with van der Waals surface area (Å²) in [5.74, 6) is 0. The van der Waals surface area contributed by atoms with E-state index in [0.29, 0.717) is 5.25 Å². The highest BCUT2D eigenvalue weighted by atomic mass is 32.2. The average molecular weight is 195 g/mol. The number of rotatable bonds is 3. The van der Waals surface area contributed by atoms with E-state index in [-0.39, 0.29) is 0 Å². The van der Waals surface area contributed by atoms with Gasteiger partial charge in [-0.1, -0.05) is 13.8 Å². The number of hydrogen-bond acceptors (Lipinski definition) is 2. The first-order valence-corrected chi connectivity index (χ1v) is 5.41. The van der Waals surface area contributed by atoms with Gasteiger partial charge in [-0.2, -0.15) is 0 Å². The van der Waals surface area contributed by atoms with Crippen molar-refractivity contribution < 1.29 is 0 Å². The standard InChI is InChI=1S/C11H17NS/c1-9(2)13-11-7-5-10(6-8-11)12(3)4/h5-9H,1-4H3. The van der Waals surface area contributed by atoms with Gasteiger partial charge in [0.2, 0.25) is 0 Å². The van der Waals surface area contributed by atoms with Gasteiger partial charge >= 0.3 is 0 Å². The average Bonchev–Trinajstić information content (AvgIpc) is 2.04. The Hall–Kier alpha value is -0.630. The van der Waals surface area contributed by atoms with Crippen molar-refractivity contribution in [2.24, 2.45) is 0 Å². The van der Waals surface area contributed by atoms with Crippen molar-refractivity contribution in [2.45, 2.75) is 24.0 Å². The molecule has 0 aliphatic rings. The predicted molar refractivity (Wildman–Crippen MR) is 61.8 cm³/mol. The zero-order valence-corrected chi connectivity index (χ0v) is 9.56. The lowest BCUT2D eigenvalue weighted by molar-refractivity contribution is 1.10. The van der Waals surface area contributed by atoms with Crippen molar-refractivity contribution in [3.63, 3.8) is 0 Å². The second-order valence-electron chi connectivity index (χ2n) is 3.55. The topological polar surface area (TPSA) is 3.24 Å². The summed E-state index contributed by atoms with van der Waals surface area (Å²) >= 11 is 1.90. The number of thioether (sulfide) groups is 1. The summed E-state index contributed by atoms with van der Waals surface area (Å²) in [5, 5.41) is 0.658. The van der Waals surface area contributed by atoms with Crippen LogP contribution >= 0.6 is 11.8 Å². The summed E-state index contributed by atoms with van der Waals surface area (Å²) in [6, 6.07) is 8.68. The molecule has 1 nitrogen and oxygen atoms in total. The van der Waals surface area contributed by atoms with Crippen LogP contribution in [0.4, 0.5) is 5.69 Å². The third-order valence-electron chi connectivity index (χ3n) is 1.72. The van der Waals surface area contributed by atoms with Gasteiger partial charge in [0.05, 0.1) is 0 Å². The second-order valence-corrected chi connectivity index (χ2v) is 5.20. The molecule has 0 aliphatic carbocycles. The summed E-state index contributed by atoms with van der Waals surface area (Å²) < 4.78 is 0. The Kier molecular flexibility index (Phi) is 3.67. The maximum absolute atomic E-state index is 2.21. The van der Waals surface area contributed by atoms with Crippen molar-refractivity contribution in [1.82, 2.24) is 0 Å². The Balaban J connectivity index is 2.70. The van der Waals surface area contributed by atoms with Gasteiger partial charge in [-0.15, -0.1) is 11.8 Å². The van der Waals surface area contributed by atoms with E-state index in [2.05, 4.69) is 57.1 Å². The molecule has 0 bridgehead atoms. The molecule has 0 aliphatic heterocycles. The molecule has 2 heteroatoms. The zero-order valence-electron chi connectivity index (χ0n) is 8.74. The number of benzene rings is 1. The maximum atomic E-state index is 2.21. The molecular weight excluding hydrogens is 178 g/mol. The Labute approximate surface area is 85.1 Å². The van der Waals surface area contributed by atoms with Crippen molar-refractivity contribution in [1.29, 1.82) is 0 Å². The molecule has 0 N–H and O–H groups in total. The lowest BCUT2D eigenvalue weighted by Crippen LogP contribution is -2.07. The Morgan fingerprint density at radius 3 is 2.00 bits per heavy atom. The number of hydrogen-bond donors (Lipinski definition) is 0. The van der Waals surface area contributed by atoms with Gasteiger partial charge < -0.3 is 4.90 Å². The van der Waals surface area contributed by atoms with Crippen LogP contribution in [0.1, 0.15) is 13.8 Å². The van der Waals surface area contributed by atoms with E-state index in [1.54, 1.807) is 0 Å². The first kappa shape index (κ1) is 10.5.